The van der Waals surface area contributed by atoms with Crippen LogP contribution in [0.2, 0.25) is 0 Å². The fourth-order valence-corrected chi connectivity index (χ4v) is 1.74. The van der Waals surface area contributed by atoms with Crippen molar-refractivity contribution in [3.8, 4) is 0 Å². The zero-order valence-corrected chi connectivity index (χ0v) is 12.6. The number of halogens is 1. The molecule has 0 unspecified atom stereocenters. The van der Waals surface area contributed by atoms with Crippen molar-refractivity contribution in [3.63, 3.8) is 0 Å². The highest BCUT2D eigenvalue weighted by Gasteiger charge is 2.03. The van der Waals surface area contributed by atoms with E-state index in [4.69, 9.17) is 4.74 Å². The minimum atomic E-state index is 0. The lowest BCUT2D eigenvalue weighted by atomic mass is 10.2. The summed E-state index contributed by atoms with van der Waals surface area (Å²) in [7, 11) is 0. The third kappa shape index (κ3) is 6.38. The summed E-state index contributed by atoms with van der Waals surface area (Å²) < 4.78 is 7.32. The molecule has 0 fully saturated rings. The number of aromatic nitrogens is 2. The van der Waals surface area contributed by atoms with Crippen molar-refractivity contribution in [1.82, 2.24) is 15.1 Å². The summed E-state index contributed by atoms with van der Waals surface area (Å²) in [6, 6.07) is 0. The van der Waals surface area contributed by atoms with E-state index in [2.05, 4.69) is 30.5 Å². The zero-order chi connectivity index (χ0) is 12.5. The van der Waals surface area contributed by atoms with Gasteiger partial charge in [-0.15, -0.1) is 12.4 Å². The Bertz CT molecular complexity index is 315. The van der Waals surface area contributed by atoms with Crippen LogP contribution in [0.3, 0.4) is 0 Å². The van der Waals surface area contributed by atoms with E-state index in [9.17, 15) is 0 Å². The third-order valence-corrected chi connectivity index (χ3v) is 2.66. The maximum Gasteiger partial charge on any atom is 0.0638 e. The third-order valence-electron chi connectivity index (χ3n) is 2.66. The van der Waals surface area contributed by atoms with Crippen molar-refractivity contribution in [2.45, 2.75) is 46.7 Å². The second-order valence-corrected chi connectivity index (χ2v) is 4.23. The molecule has 0 aliphatic carbocycles. The highest BCUT2D eigenvalue weighted by atomic mass is 35.5. The molecule has 1 N–H and O–H groups in total. The molecule has 0 saturated carbocycles. The molecule has 0 atom stereocenters. The standard InChI is InChI=1S/C13H25N3O.ClH/c1-4-8-16-11-13(12(3)15-16)10-14-7-6-9-17-5-2;/h11,14H,4-10H2,1-3H3;1H. The second kappa shape index (κ2) is 10.4. The summed E-state index contributed by atoms with van der Waals surface area (Å²) in [5, 5.41) is 7.90. The van der Waals surface area contributed by atoms with Crippen LogP contribution in [0, 0.1) is 6.92 Å². The van der Waals surface area contributed by atoms with E-state index in [-0.39, 0.29) is 12.4 Å². The number of ether oxygens (including phenoxy) is 1. The molecule has 0 aliphatic heterocycles. The van der Waals surface area contributed by atoms with E-state index in [0.29, 0.717) is 0 Å². The van der Waals surface area contributed by atoms with Crippen LogP contribution in [0.5, 0.6) is 0 Å². The Morgan fingerprint density at radius 2 is 2.17 bits per heavy atom. The van der Waals surface area contributed by atoms with Crippen LogP contribution in [-0.2, 0) is 17.8 Å². The topological polar surface area (TPSA) is 39.1 Å². The molecule has 0 aliphatic rings. The van der Waals surface area contributed by atoms with Crippen molar-refractivity contribution in [2.24, 2.45) is 0 Å². The first-order chi connectivity index (χ1) is 8.27. The molecular weight excluding hydrogens is 250 g/mol. The number of hydrogen-bond acceptors (Lipinski definition) is 3. The molecule has 106 valence electrons. The van der Waals surface area contributed by atoms with Crippen LogP contribution in [0.25, 0.3) is 0 Å². The monoisotopic (exact) mass is 275 g/mol. The van der Waals surface area contributed by atoms with Crippen LogP contribution >= 0.6 is 12.4 Å². The molecule has 0 amide bonds. The normalized spacial score (nSPS) is 10.4. The molecule has 1 rings (SSSR count). The summed E-state index contributed by atoms with van der Waals surface area (Å²) in [6.45, 7) is 10.8. The van der Waals surface area contributed by atoms with E-state index in [1.807, 2.05) is 11.6 Å². The summed E-state index contributed by atoms with van der Waals surface area (Å²) in [5.41, 5.74) is 2.44. The summed E-state index contributed by atoms with van der Waals surface area (Å²) in [6.07, 6.45) is 4.34. The summed E-state index contributed by atoms with van der Waals surface area (Å²) in [4.78, 5) is 0. The van der Waals surface area contributed by atoms with Crippen molar-refractivity contribution < 1.29 is 4.74 Å². The SMILES string of the molecule is CCCn1cc(CNCCCOCC)c(C)n1.Cl. The van der Waals surface area contributed by atoms with E-state index in [1.165, 1.54) is 5.56 Å². The van der Waals surface area contributed by atoms with Gasteiger partial charge in [0.1, 0.15) is 0 Å². The van der Waals surface area contributed by atoms with Crippen LogP contribution < -0.4 is 5.32 Å². The molecule has 1 heterocycles. The maximum absolute atomic E-state index is 5.29. The molecule has 1 aromatic rings. The summed E-state index contributed by atoms with van der Waals surface area (Å²) >= 11 is 0. The van der Waals surface area contributed by atoms with Crippen molar-refractivity contribution in [3.05, 3.63) is 17.5 Å². The van der Waals surface area contributed by atoms with Crippen molar-refractivity contribution in [1.29, 1.82) is 0 Å². The number of nitrogens with zero attached hydrogens (tertiary/aromatic N) is 2. The minimum Gasteiger partial charge on any atom is -0.382 e. The Hall–Kier alpha value is -0.580. The van der Waals surface area contributed by atoms with E-state index >= 15 is 0 Å². The molecule has 1 aromatic heterocycles. The van der Waals surface area contributed by atoms with Gasteiger partial charge in [-0.2, -0.15) is 5.10 Å². The number of hydrogen-bond donors (Lipinski definition) is 1. The lowest BCUT2D eigenvalue weighted by Gasteiger charge is -2.03. The number of nitrogens with one attached hydrogen (secondary N) is 1. The van der Waals surface area contributed by atoms with Gasteiger partial charge >= 0.3 is 0 Å². The van der Waals surface area contributed by atoms with Gasteiger partial charge in [-0.05, 0) is 33.2 Å². The molecule has 0 radical (unpaired) electrons. The fraction of sp³-hybridized carbons (Fsp3) is 0.769. The molecule has 0 aromatic carbocycles. The Balaban J connectivity index is 0.00000289. The average Bonchev–Trinajstić information content (AvgIpc) is 2.65. The van der Waals surface area contributed by atoms with Gasteiger partial charge in [0.05, 0.1) is 5.69 Å². The Morgan fingerprint density at radius 1 is 1.39 bits per heavy atom. The van der Waals surface area contributed by atoms with Gasteiger partial charge in [-0.3, -0.25) is 4.68 Å². The fourth-order valence-electron chi connectivity index (χ4n) is 1.74. The second-order valence-electron chi connectivity index (χ2n) is 4.23. The van der Waals surface area contributed by atoms with Gasteiger partial charge < -0.3 is 10.1 Å². The minimum absolute atomic E-state index is 0. The van der Waals surface area contributed by atoms with Crippen LogP contribution in [0.1, 0.15) is 37.9 Å². The Labute approximate surface area is 117 Å². The molecule has 4 nitrogen and oxygen atoms in total. The molecule has 0 spiro atoms. The Kier molecular flexibility index (Phi) is 10.0. The van der Waals surface area contributed by atoms with Crippen LogP contribution in [0.15, 0.2) is 6.20 Å². The highest BCUT2D eigenvalue weighted by Crippen LogP contribution is 2.05. The van der Waals surface area contributed by atoms with E-state index in [0.717, 1.165) is 51.4 Å². The quantitative estimate of drug-likeness (QED) is 0.704. The molecular formula is C13H26ClN3O. The van der Waals surface area contributed by atoms with E-state index < -0.39 is 0 Å². The first-order valence-electron chi connectivity index (χ1n) is 6.59. The maximum atomic E-state index is 5.29. The van der Waals surface area contributed by atoms with Gasteiger partial charge in [-0.25, -0.2) is 0 Å². The largest absolute Gasteiger partial charge is 0.382 e. The predicted molar refractivity (Wildman–Crippen MR) is 77.3 cm³/mol. The highest BCUT2D eigenvalue weighted by molar-refractivity contribution is 5.85. The first kappa shape index (κ1) is 17.4. The van der Waals surface area contributed by atoms with Gasteiger partial charge in [0.15, 0.2) is 0 Å². The predicted octanol–water partition coefficient (Wildman–Crippen LogP) is 2.54. The Morgan fingerprint density at radius 3 is 2.83 bits per heavy atom. The van der Waals surface area contributed by atoms with E-state index in [1.54, 1.807) is 0 Å². The van der Waals surface area contributed by atoms with Gasteiger partial charge in [0.25, 0.3) is 0 Å². The van der Waals surface area contributed by atoms with Crippen molar-refractivity contribution in [2.75, 3.05) is 19.8 Å². The average molecular weight is 276 g/mol. The van der Waals surface area contributed by atoms with Crippen molar-refractivity contribution >= 4 is 12.4 Å². The van der Waals surface area contributed by atoms with Gasteiger partial charge in [0.2, 0.25) is 0 Å². The lowest BCUT2D eigenvalue weighted by molar-refractivity contribution is 0.144. The molecule has 18 heavy (non-hydrogen) atoms. The smallest absolute Gasteiger partial charge is 0.0638 e. The zero-order valence-electron chi connectivity index (χ0n) is 11.7. The summed E-state index contributed by atoms with van der Waals surface area (Å²) in [5.74, 6) is 0. The lowest BCUT2D eigenvalue weighted by Crippen LogP contribution is -2.16. The van der Waals surface area contributed by atoms with Crippen LogP contribution in [0.4, 0.5) is 0 Å². The van der Waals surface area contributed by atoms with Gasteiger partial charge in [-0.1, -0.05) is 6.92 Å². The number of aryl methyl sites for hydroxylation is 2. The molecule has 0 bridgehead atoms. The van der Waals surface area contributed by atoms with Gasteiger partial charge in [0, 0.05) is 38.1 Å². The molecule has 0 saturated heterocycles. The van der Waals surface area contributed by atoms with Crippen LogP contribution in [-0.4, -0.2) is 29.5 Å². The first-order valence-corrected chi connectivity index (χ1v) is 6.59. The molecule has 5 heteroatoms. The number of rotatable bonds is 9.